The molecule has 0 unspecified atom stereocenters. The third-order valence-corrected chi connectivity index (χ3v) is 3.29. The number of piperazine rings is 1. The molecule has 2 heterocycles. The minimum absolute atomic E-state index is 0.263. The molecule has 0 radical (unpaired) electrons. The quantitative estimate of drug-likeness (QED) is 0.807. The third-order valence-electron chi connectivity index (χ3n) is 3.29. The molecule has 1 aliphatic heterocycles. The average molecular weight is 249 g/mol. The van der Waals surface area contributed by atoms with Crippen molar-refractivity contribution in [3.8, 4) is 0 Å². The lowest BCUT2D eigenvalue weighted by Crippen LogP contribution is -2.60. The van der Waals surface area contributed by atoms with Gasteiger partial charge in [0, 0.05) is 38.1 Å². The number of hydrogen-bond donors (Lipinski definition) is 1. The van der Waals surface area contributed by atoms with E-state index in [0.29, 0.717) is 12.6 Å². The summed E-state index contributed by atoms with van der Waals surface area (Å²) in [6.07, 6.45) is 5.01. The van der Waals surface area contributed by atoms with E-state index in [0.717, 1.165) is 18.9 Å². The summed E-state index contributed by atoms with van der Waals surface area (Å²) in [5.74, 6) is 0.518. The number of amides is 1. The first-order chi connectivity index (χ1) is 8.59. The summed E-state index contributed by atoms with van der Waals surface area (Å²) < 4.78 is 0. The van der Waals surface area contributed by atoms with Crippen molar-refractivity contribution in [3.63, 3.8) is 0 Å². The largest absolute Gasteiger partial charge is 0.368 e. The fraction of sp³-hybridized carbons (Fsp3) is 0.583. The van der Waals surface area contributed by atoms with E-state index in [2.05, 4.69) is 33.6 Å². The molecule has 98 valence electrons. The maximum atomic E-state index is 11.6. The first-order valence-electron chi connectivity index (χ1n) is 6.15. The molecule has 1 aromatic rings. The normalized spacial score (nSPS) is 21.3. The Morgan fingerprint density at radius 1 is 1.44 bits per heavy atom. The molecule has 1 aromatic heterocycles. The van der Waals surface area contributed by atoms with Gasteiger partial charge in [0.05, 0.1) is 6.20 Å². The number of rotatable bonds is 3. The lowest BCUT2D eigenvalue weighted by molar-refractivity contribution is -0.124. The van der Waals surface area contributed by atoms with Crippen LogP contribution in [-0.2, 0) is 4.79 Å². The average Bonchev–Trinajstić information content (AvgIpc) is 2.39. The van der Waals surface area contributed by atoms with Crippen LogP contribution in [0, 0.1) is 0 Å². The van der Waals surface area contributed by atoms with Gasteiger partial charge in [-0.1, -0.05) is 0 Å². The molecule has 0 spiro atoms. The fourth-order valence-corrected chi connectivity index (χ4v) is 2.33. The molecule has 6 heteroatoms. The van der Waals surface area contributed by atoms with Crippen LogP contribution in [0.3, 0.4) is 0 Å². The van der Waals surface area contributed by atoms with E-state index in [9.17, 15) is 4.79 Å². The predicted molar refractivity (Wildman–Crippen MR) is 69.1 cm³/mol. The third kappa shape index (κ3) is 2.59. The van der Waals surface area contributed by atoms with Crippen molar-refractivity contribution < 1.29 is 4.79 Å². The van der Waals surface area contributed by atoms with Crippen LogP contribution in [0.15, 0.2) is 18.6 Å². The number of primary amides is 1. The Kier molecular flexibility index (Phi) is 3.76. The first kappa shape index (κ1) is 12.8. The van der Waals surface area contributed by atoms with Gasteiger partial charge in [0.15, 0.2) is 0 Å². The molecular weight excluding hydrogens is 230 g/mol. The number of carbonyl (C=O) groups is 1. The summed E-state index contributed by atoms with van der Waals surface area (Å²) in [6, 6.07) is 0.0484. The fourth-order valence-electron chi connectivity index (χ4n) is 2.33. The van der Waals surface area contributed by atoms with Crippen molar-refractivity contribution in [1.29, 1.82) is 0 Å². The Balaban J connectivity index is 2.14. The van der Waals surface area contributed by atoms with Crippen LogP contribution < -0.4 is 10.6 Å². The molecule has 2 rings (SSSR count). The van der Waals surface area contributed by atoms with Crippen molar-refractivity contribution in [2.45, 2.75) is 25.9 Å². The molecule has 1 aliphatic rings. The maximum Gasteiger partial charge on any atom is 0.236 e. The predicted octanol–water partition coefficient (Wildman–Crippen LogP) is -0.139. The number of anilines is 1. The molecular formula is C12H19N5O. The molecule has 2 N–H and O–H groups in total. The van der Waals surface area contributed by atoms with Crippen LogP contribution in [0.4, 0.5) is 5.82 Å². The van der Waals surface area contributed by atoms with Crippen LogP contribution in [0.5, 0.6) is 0 Å². The van der Waals surface area contributed by atoms with E-state index >= 15 is 0 Å². The van der Waals surface area contributed by atoms with Crippen molar-refractivity contribution in [2.75, 3.05) is 24.5 Å². The van der Waals surface area contributed by atoms with Gasteiger partial charge < -0.3 is 10.6 Å². The summed E-state index contributed by atoms with van der Waals surface area (Å²) in [7, 11) is 0. The zero-order chi connectivity index (χ0) is 13.1. The van der Waals surface area contributed by atoms with Crippen molar-refractivity contribution >= 4 is 11.7 Å². The molecule has 0 aromatic carbocycles. The molecule has 0 saturated carbocycles. The Morgan fingerprint density at radius 3 is 2.78 bits per heavy atom. The standard InChI is InChI=1S/C12H19N5O/c1-9(2)17-6-5-16(8-10(17)12(13)18)11-7-14-3-4-15-11/h3-4,7,9-10H,5-6,8H2,1-2H3,(H2,13,18)/t10-/m0/s1. The zero-order valence-corrected chi connectivity index (χ0v) is 10.8. The van der Waals surface area contributed by atoms with E-state index in [4.69, 9.17) is 5.73 Å². The van der Waals surface area contributed by atoms with Gasteiger partial charge in [0.1, 0.15) is 11.9 Å². The number of nitrogens with two attached hydrogens (primary N) is 1. The molecule has 1 atom stereocenters. The van der Waals surface area contributed by atoms with E-state index in [1.165, 1.54) is 0 Å². The summed E-state index contributed by atoms with van der Waals surface area (Å²) >= 11 is 0. The van der Waals surface area contributed by atoms with E-state index < -0.39 is 0 Å². The molecule has 1 fully saturated rings. The molecule has 6 nitrogen and oxygen atoms in total. The molecule has 18 heavy (non-hydrogen) atoms. The van der Waals surface area contributed by atoms with Crippen molar-refractivity contribution in [2.24, 2.45) is 5.73 Å². The van der Waals surface area contributed by atoms with E-state index in [1.807, 2.05) is 0 Å². The summed E-state index contributed by atoms with van der Waals surface area (Å²) in [5.41, 5.74) is 5.49. The number of hydrogen-bond acceptors (Lipinski definition) is 5. The summed E-state index contributed by atoms with van der Waals surface area (Å²) in [6.45, 7) is 6.37. The second kappa shape index (κ2) is 5.30. The SMILES string of the molecule is CC(C)N1CCN(c2cnccn2)C[C@H]1C(N)=O. The Morgan fingerprint density at radius 2 is 2.22 bits per heavy atom. The lowest BCUT2D eigenvalue weighted by atomic mass is 10.1. The van der Waals surface area contributed by atoms with Crippen molar-refractivity contribution in [3.05, 3.63) is 18.6 Å². The molecule has 1 amide bonds. The van der Waals surface area contributed by atoms with Crippen molar-refractivity contribution in [1.82, 2.24) is 14.9 Å². The van der Waals surface area contributed by atoms with Gasteiger partial charge in [-0.2, -0.15) is 0 Å². The number of nitrogens with zero attached hydrogens (tertiary/aromatic N) is 4. The highest BCUT2D eigenvalue weighted by atomic mass is 16.1. The molecule has 0 aliphatic carbocycles. The van der Waals surface area contributed by atoms with Gasteiger partial charge in [-0.15, -0.1) is 0 Å². The minimum Gasteiger partial charge on any atom is -0.368 e. The molecule has 1 saturated heterocycles. The van der Waals surface area contributed by atoms with Crippen LogP contribution in [-0.4, -0.2) is 52.5 Å². The van der Waals surface area contributed by atoms with E-state index in [1.54, 1.807) is 18.6 Å². The Bertz CT molecular complexity index is 408. The number of aromatic nitrogens is 2. The van der Waals surface area contributed by atoms with Crippen LogP contribution >= 0.6 is 0 Å². The Hall–Kier alpha value is -1.69. The molecule has 0 bridgehead atoms. The van der Waals surface area contributed by atoms with E-state index in [-0.39, 0.29) is 11.9 Å². The van der Waals surface area contributed by atoms with Gasteiger partial charge in [-0.3, -0.25) is 14.7 Å². The van der Waals surface area contributed by atoms with Gasteiger partial charge in [0.2, 0.25) is 5.91 Å². The van der Waals surface area contributed by atoms with Gasteiger partial charge in [-0.25, -0.2) is 4.98 Å². The highest BCUT2D eigenvalue weighted by Crippen LogP contribution is 2.17. The highest BCUT2D eigenvalue weighted by Gasteiger charge is 2.32. The van der Waals surface area contributed by atoms with Gasteiger partial charge >= 0.3 is 0 Å². The smallest absolute Gasteiger partial charge is 0.236 e. The van der Waals surface area contributed by atoms with Crippen LogP contribution in [0.25, 0.3) is 0 Å². The summed E-state index contributed by atoms with van der Waals surface area (Å²) in [5, 5.41) is 0. The second-order valence-electron chi connectivity index (χ2n) is 4.76. The lowest BCUT2D eigenvalue weighted by Gasteiger charge is -2.42. The Labute approximate surface area is 107 Å². The van der Waals surface area contributed by atoms with Crippen LogP contribution in [0.2, 0.25) is 0 Å². The van der Waals surface area contributed by atoms with Crippen LogP contribution in [0.1, 0.15) is 13.8 Å². The van der Waals surface area contributed by atoms with Gasteiger partial charge in [0.25, 0.3) is 0 Å². The topological polar surface area (TPSA) is 75.3 Å². The monoisotopic (exact) mass is 249 g/mol. The second-order valence-corrected chi connectivity index (χ2v) is 4.76. The summed E-state index contributed by atoms with van der Waals surface area (Å²) in [4.78, 5) is 24.1. The minimum atomic E-state index is -0.280. The highest BCUT2D eigenvalue weighted by molar-refractivity contribution is 5.81. The maximum absolute atomic E-state index is 11.6. The first-order valence-corrected chi connectivity index (χ1v) is 6.15. The van der Waals surface area contributed by atoms with Gasteiger partial charge in [-0.05, 0) is 13.8 Å². The zero-order valence-electron chi connectivity index (χ0n) is 10.8. The number of carbonyl (C=O) groups excluding carboxylic acids is 1.